The second kappa shape index (κ2) is 6.76. The molecule has 0 aliphatic carbocycles. The third-order valence-electron chi connectivity index (χ3n) is 3.19. The molecule has 2 amide bonds. The Bertz CT molecular complexity index is 482. The summed E-state index contributed by atoms with van der Waals surface area (Å²) in [4.78, 5) is 27.7. The summed E-state index contributed by atoms with van der Waals surface area (Å²) >= 11 is 1.32. The van der Waals surface area contributed by atoms with Crippen molar-refractivity contribution >= 4 is 28.3 Å². The monoisotopic (exact) mass is 297 g/mol. The van der Waals surface area contributed by atoms with Gasteiger partial charge in [-0.1, -0.05) is 11.3 Å². The van der Waals surface area contributed by atoms with E-state index in [0.717, 1.165) is 31.2 Å². The molecule has 0 aromatic carbocycles. The minimum atomic E-state index is -0.191. The van der Waals surface area contributed by atoms with Crippen molar-refractivity contribution in [3.63, 3.8) is 0 Å². The van der Waals surface area contributed by atoms with E-state index in [1.54, 1.807) is 0 Å². The molecule has 110 valence electrons. The summed E-state index contributed by atoms with van der Waals surface area (Å²) in [5, 5.41) is 11.6. The molecule has 0 unspecified atom stereocenters. The first-order valence-electron chi connectivity index (χ1n) is 6.61. The highest BCUT2D eigenvalue weighted by molar-refractivity contribution is 7.15. The van der Waals surface area contributed by atoms with Crippen LogP contribution in [0.3, 0.4) is 0 Å². The smallest absolute Gasteiger partial charge is 0.226 e. The Kier molecular flexibility index (Phi) is 5.02. The minimum Gasteiger partial charge on any atom is -0.340 e. The highest BCUT2D eigenvalue weighted by atomic mass is 32.1. The van der Waals surface area contributed by atoms with Crippen LogP contribution >= 0.6 is 11.3 Å². The van der Waals surface area contributed by atoms with Crippen LogP contribution in [0, 0.1) is 6.92 Å². The number of likely N-dealkylation sites (N-methyl/N-ethyl adjacent to an activating group) is 1. The number of aromatic nitrogens is 2. The number of aryl methyl sites for hydroxylation is 1. The second-order valence-electron chi connectivity index (χ2n) is 4.86. The maximum atomic E-state index is 12.0. The summed E-state index contributed by atoms with van der Waals surface area (Å²) < 4.78 is 0. The van der Waals surface area contributed by atoms with Gasteiger partial charge in [0.1, 0.15) is 5.01 Å². The van der Waals surface area contributed by atoms with E-state index in [1.165, 1.54) is 11.3 Å². The van der Waals surface area contributed by atoms with E-state index in [0.29, 0.717) is 5.13 Å². The van der Waals surface area contributed by atoms with Crippen molar-refractivity contribution < 1.29 is 9.59 Å². The molecule has 1 saturated heterocycles. The number of rotatable bonds is 4. The molecule has 2 heterocycles. The predicted molar refractivity (Wildman–Crippen MR) is 76.6 cm³/mol. The number of piperazine rings is 1. The van der Waals surface area contributed by atoms with E-state index in [9.17, 15) is 9.59 Å². The number of carbonyl (C=O) groups is 2. The minimum absolute atomic E-state index is 0.0432. The lowest BCUT2D eigenvalue weighted by Crippen LogP contribution is -2.47. The number of anilines is 1. The largest absolute Gasteiger partial charge is 0.340 e. The number of nitrogens with zero attached hydrogens (tertiary/aromatic N) is 4. The summed E-state index contributed by atoms with van der Waals surface area (Å²) in [6.45, 7) is 5.09. The van der Waals surface area contributed by atoms with Gasteiger partial charge in [0.25, 0.3) is 0 Å². The molecule has 1 fully saturated rings. The Balaban J connectivity index is 1.71. The third-order valence-corrected chi connectivity index (χ3v) is 3.95. The Morgan fingerprint density at radius 1 is 1.20 bits per heavy atom. The number of amides is 2. The zero-order valence-electron chi connectivity index (χ0n) is 11.8. The number of hydrogen-bond donors (Lipinski definition) is 1. The molecular weight excluding hydrogens is 278 g/mol. The Morgan fingerprint density at radius 2 is 1.90 bits per heavy atom. The third kappa shape index (κ3) is 4.24. The molecule has 1 aliphatic heterocycles. The molecule has 0 radical (unpaired) electrons. The standard InChI is InChI=1S/C12H19N5O2S/c1-9-14-15-12(20-9)13-10(18)3-4-11(19)17-7-5-16(2)6-8-17/h3-8H2,1-2H3,(H,13,15,18). The van der Waals surface area contributed by atoms with Crippen molar-refractivity contribution in [3.05, 3.63) is 5.01 Å². The van der Waals surface area contributed by atoms with Crippen LogP contribution in [-0.4, -0.2) is 65.0 Å². The Labute approximate surface area is 122 Å². The van der Waals surface area contributed by atoms with Gasteiger partial charge in [0.05, 0.1) is 0 Å². The molecule has 1 N–H and O–H groups in total. The van der Waals surface area contributed by atoms with Gasteiger partial charge in [0.15, 0.2) is 0 Å². The lowest BCUT2D eigenvalue weighted by Gasteiger charge is -2.32. The summed E-state index contributed by atoms with van der Waals surface area (Å²) in [6.07, 6.45) is 0.428. The van der Waals surface area contributed by atoms with Gasteiger partial charge in [0.2, 0.25) is 16.9 Å². The molecule has 0 saturated carbocycles. The molecule has 0 spiro atoms. The van der Waals surface area contributed by atoms with Gasteiger partial charge in [-0.2, -0.15) is 0 Å². The lowest BCUT2D eigenvalue weighted by atomic mass is 10.2. The Hall–Kier alpha value is -1.54. The number of carbonyl (C=O) groups excluding carboxylic acids is 2. The fraction of sp³-hybridized carbons (Fsp3) is 0.667. The quantitative estimate of drug-likeness (QED) is 0.867. The molecule has 7 nitrogen and oxygen atoms in total. The highest BCUT2D eigenvalue weighted by Gasteiger charge is 2.19. The fourth-order valence-electron chi connectivity index (χ4n) is 1.96. The van der Waals surface area contributed by atoms with E-state index in [2.05, 4.69) is 20.4 Å². The summed E-state index contributed by atoms with van der Waals surface area (Å²) in [6, 6.07) is 0. The highest BCUT2D eigenvalue weighted by Crippen LogP contribution is 2.14. The molecular formula is C12H19N5O2S. The summed E-state index contributed by atoms with van der Waals surface area (Å²) in [5.74, 6) is -0.148. The van der Waals surface area contributed by atoms with Gasteiger partial charge < -0.3 is 15.1 Å². The van der Waals surface area contributed by atoms with Gasteiger partial charge in [-0.25, -0.2) is 0 Å². The van der Waals surface area contributed by atoms with E-state index < -0.39 is 0 Å². The van der Waals surface area contributed by atoms with Crippen LogP contribution in [0.25, 0.3) is 0 Å². The van der Waals surface area contributed by atoms with Gasteiger partial charge in [-0.15, -0.1) is 10.2 Å². The molecule has 0 bridgehead atoms. The first kappa shape index (κ1) is 14.9. The summed E-state index contributed by atoms with van der Waals surface area (Å²) in [5.41, 5.74) is 0. The average Bonchev–Trinajstić information content (AvgIpc) is 2.82. The molecule has 0 atom stereocenters. The normalized spacial score (nSPS) is 16.2. The predicted octanol–water partition coefficient (Wildman–Crippen LogP) is 0.339. The van der Waals surface area contributed by atoms with Crippen molar-refractivity contribution in [1.29, 1.82) is 0 Å². The average molecular weight is 297 g/mol. The molecule has 1 aromatic rings. The van der Waals surface area contributed by atoms with Crippen molar-refractivity contribution in [1.82, 2.24) is 20.0 Å². The van der Waals surface area contributed by atoms with Crippen molar-refractivity contribution in [2.75, 3.05) is 38.5 Å². The molecule has 1 aliphatic rings. The Morgan fingerprint density at radius 3 is 2.50 bits per heavy atom. The van der Waals surface area contributed by atoms with Crippen molar-refractivity contribution in [3.8, 4) is 0 Å². The zero-order chi connectivity index (χ0) is 14.5. The van der Waals surface area contributed by atoms with E-state index in [4.69, 9.17) is 0 Å². The van der Waals surface area contributed by atoms with Gasteiger partial charge in [0, 0.05) is 39.0 Å². The van der Waals surface area contributed by atoms with Gasteiger partial charge in [-0.05, 0) is 14.0 Å². The summed E-state index contributed by atoms with van der Waals surface area (Å²) in [7, 11) is 2.04. The molecule has 1 aromatic heterocycles. The number of nitrogens with one attached hydrogen (secondary N) is 1. The van der Waals surface area contributed by atoms with Crippen molar-refractivity contribution in [2.24, 2.45) is 0 Å². The first-order valence-corrected chi connectivity index (χ1v) is 7.42. The van der Waals surface area contributed by atoms with Gasteiger partial charge in [-0.3, -0.25) is 9.59 Å². The maximum Gasteiger partial charge on any atom is 0.226 e. The lowest BCUT2D eigenvalue weighted by molar-refractivity contribution is -0.134. The molecule has 20 heavy (non-hydrogen) atoms. The molecule has 8 heteroatoms. The van der Waals surface area contributed by atoms with Crippen LogP contribution < -0.4 is 5.32 Å². The van der Waals surface area contributed by atoms with Crippen LogP contribution in [0.2, 0.25) is 0 Å². The topological polar surface area (TPSA) is 78.4 Å². The second-order valence-corrected chi connectivity index (χ2v) is 6.04. The molecule has 2 rings (SSSR count). The van der Waals surface area contributed by atoms with Crippen molar-refractivity contribution in [2.45, 2.75) is 19.8 Å². The van der Waals surface area contributed by atoms with Crippen LogP contribution in [0.5, 0.6) is 0 Å². The zero-order valence-corrected chi connectivity index (χ0v) is 12.6. The van der Waals surface area contributed by atoms with Crippen LogP contribution in [0.4, 0.5) is 5.13 Å². The van der Waals surface area contributed by atoms with Gasteiger partial charge >= 0.3 is 0 Å². The van der Waals surface area contributed by atoms with E-state index in [1.807, 2.05) is 18.9 Å². The van der Waals surface area contributed by atoms with E-state index >= 15 is 0 Å². The number of hydrogen-bond acceptors (Lipinski definition) is 6. The SMILES string of the molecule is Cc1nnc(NC(=O)CCC(=O)N2CCN(C)CC2)s1. The first-order chi connectivity index (χ1) is 9.54. The van der Waals surface area contributed by atoms with Crippen LogP contribution in [0.1, 0.15) is 17.8 Å². The van der Waals surface area contributed by atoms with Crippen LogP contribution in [0.15, 0.2) is 0 Å². The fourth-order valence-corrected chi connectivity index (χ4v) is 2.57. The van der Waals surface area contributed by atoms with E-state index in [-0.39, 0.29) is 24.7 Å². The van der Waals surface area contributed by atoms with Crippen LogP contribution in [-0.2, 0) is 9.59 Å². The maximum absolute atomic E-state index is 12.0.